The second-order valence-corrected chi connectivity index (χ2v) is 5.60. The predicted octanol–water partition coefficient (Wildman–Crippen LogP) is 2.79. The van der Waals surface area contributed by atoms with Gasteiger partial charge in [-0.15, -0.1) is 12.4 Å². The molecule has 2 rings (SSSR count). The first-order chi connectivity index (χ1) is 11.7. The zero-order valence-corrected chi connectivity index (χ0v) is 16.0. The molecule has 0 atom stereocenters. The highest BCUT2D eigenvalue weighted by atomic mass is 35.5. The Morgan fingerprint density at radius 2 is 1.56 bits per heavy atom. The van der Waals surface area contributed by atoms with Crippen molar-refractivity contribution in [1.29, 1.82) is 0 Å². The molecule has 0 radical (unpaired) electrons. The normalized spacial score (nSPS) is 14.4. The molecule has 1 aromatic rings. The fourth-order valence-electron chi connectivity index (χ4n) is 2.75. The smallest absolute Gasteiger partial charge is 0.251 e. The fraction of sp³-hybridized carbons (Fsp3) is 0.611. The quantitative estimate of drug-likeness (QED) is 0.734. The van der Waals surface area contributed by atoms with Gasteiger partial charge < -0.3 is 24.8 Å². The van der Waals surface area contributed by atoms with E-state index in [0.717, 1.165) is 25.9 Å². The van der Waals surface area contributed by atoms with Crippen LogP contribution in [0.4, 0.5) is 0 Å². The van der Waals surface area contributed by atoms with Crippen LogP contribution in [0, 0.1) is 0 Å². The Labute approximate surface area is 156 Å². The van der Waals surface area contributed by atoms with Crippen LogP contribution in [0.15, 0.2) is 12.1 Å². The molecule has 1 aromatic carbocycles. The summed E-state index contributed by atoms with van der Waals surface area (Å²) in [5.41, 5.74) is 0.531. The molecule has 1 fully saturated rings. The number of nitrogens with one attached hydrogen (secondary N) is 2. The van der Waals surface area contributed by atoms with E-state index in [4.69, 9.17) is 14.2 Å². The third-order valence-electron chi connectivity index (χ3n) is 3.85. The van der Waals surface area contributed by atoms with Crippen molar-refractivity contribution in [2.75, 3.05) is 32.9 Å². The van der Waals surface area contributed by atoms with Gasteiger partial charge in [-0.1, -0.05) is 0 Å². The number of ether oxygens (including phenoxy) is 3. The second-order valence-electron chi connectivity index (χ2n) is 5.60. The van der Waals surface area contributed by atoms with Crippen LogP contribution in [0.25, 0.3) is 0 Å². The second kappa shape index (κ2) is 11.1. The zero-order chi connectivity index (χ0) is 17.4. The van der Waals surface area contributed by atoms with Crippen LogP contribution in [0.2, 0.25) is 0 Å². The number of rotatable bonds is 8. The Morgan fingerprint density at radius 1 is 1.04 bits per heavy atom. The molecule has 1 saturated heterocycles. The van der Waals surface area contributed by atoms with Crippen molar-refractivity contribution in [2.24, 2.45) is 0 Å². The summed E-state index contributed by atoms with van der Waals surface area (Å²) in [6.07, 6.45) is 1.89. The van der Waals surface area contributed by atoms with Gasteiger partial charge in [0.2, 0.25) is 5.75 Å². The number of benzene rings is 1. The average molecular weight is 373 g/mol. The number of hydrogen-bond acceptors (Lipinski definition) is 5. The Balaban J connectivity index is 0.00000312. The lowest BCUT2D eigenvalue weighted by atomic mass is 10.1. The van der Waals surface area contributed by atoms with Gasteiger partial charge in [0.05, 0.1) is 19.8 Å². The van der Waals surface area contributed by atoms with Gasteiger partial charge in [0.1, 0.15) is 0 Å². The molecule has 1 amide bonds. The molecule has 6 nitrogen and oxygen atoms in total. The highest BCUT2D eigenvalue weighted by molar-refractivity contribution is 5.95. The number of hydrogen-bond donors (Lipinski definition) is 2. The molecule has 0 bridgehead atoms. The van der Waals surface area contributed by atoms with E-state index in [1.807, 2.05) is 20.8 Å². The van der Waals surface area contributed by atoms with Gasteiger partial charge in [-0.25, -0.2) is 0 Å². The van der Waals surface area contributed by atoms with Gasteiger partial charge >= 0.3 is 0 Å². The van der Waals surface area contributed by atoms with Gasteiger partial charge in [-0.2, -0.15) is 0 Å². The molecule has 2 N–H and O–H groups in total. The summed E-state index contributed by atoms with van der Waals surface area (Å²) in [5, 5.41) is 6.39. The Hall–Kier alpha value is -1.66. The minimum Gasteiger partial charge on any atom is -0.490 e. The number of carbonyl (C=O) groups is 1. The van der Waals surface area contributed by atoms with Crippen LogP contribution in [0.3, 0.4) is 0 Å². The third kappa shape index (κ3) is 5.97. The number of piperidine rings is 1. The summed E-state index contributed by atoms with van der Waals surface area (Å²) >= 11 is 0. The molecule has 7 heteroatoms. The SMILES string of the molecule is CCOc1cc(C(=O)NC2CCNCC2)cc(OCC)c1OCC.Cl. The number of amides is 1. The lowest BCUT2D eigenvalue weighted by molar-refractivity contribution is 0.0928. The van der Waals surface area contributed by atoms with Crippen molar-refractivity contribution in [2.45, 2.75) is 39.7 Å². The maximum Gasteiger partial charge on any atom is 0.251 e. The monoisotopic (exact) mass is 372 g/mol. The molecular weight excluding hydrogens is 344 g/mol. The van der Waals surface area contributed by atoms with Crippen LogP contribution in [0.1, 0.15) is 44.0 Å². The molecule has 1 aliphatic rings. The predicted molar refractivity (Wildman–Crippen MR) is 101 cm³/mol. The summed E-state index contributed by atoms with van der Waals surface area (Å²) in [4.78, 5) is 12.6. The Bertz CT molecular complexity index is 521. The largest absolute Gasteiger partial charge is 0.490 e. The van der Waals surface area contributed by atoms with Crippen LogP contribution < -0.4 is 24.8 Å². The molecule has 0 unspecified atom stereocenters. The molecule has 0 spiro atoms. The van der Waals surface area contributed by atoms with Crippen LogP contribution in [-0.4, -0.2) is 44.9 Å². The van der Waals surface area contributed by atoms with Gasteiger partial charge in [0.15, 0.2) is 11.5 Å². The van der Waals surface area contributed by atoms with Gasteiger partial charge in [0.25, 0.3) is 5.91 Å². The summed E-state index contributed by atoms with van der Waals surface area (Å²) in [6.45, 7) is 9.06. The van der Waals surface area contributed by atoms with E-state index in [0.29, 0.717) is 42.6 Å². The van der Waals surface area contributed by atoms with Gasteiger partial charge in [-0.3, -0.25) is 4.79 Å². The van der Waals surface area contributed by atoms with E-state index >= 15 is 0 Å². The van der Waals surface area contributed by atoms with Gasteiger partial charge in [-0.05, 0) is 58.8 Å². The molecular formula is C18H29ClN2O4. The third-order valence-corrected chi connectivity index (χ3v) is 3.85. The van der Waals surface area contributed by atoms with Crippen molar-refractivity contribution in [3.8, 4) is 17.2 Å². The maximum atomic E-state index is 12.6. The molecule has 1 aliphatic heterocycles. The first-order valence-corrected chi connectivity index (χ1v) is 8.77. The Kier molecular flexibility index (Phi) is 9.45. The Morgan fingerprint density at radius 3 is 2.04 bits per heavy atom. The summed E-state index contributed by atoms with van der Waals surface area (Å²) < 4.78 is 17.0. The van der Waals surface area contributed by atoms with Crippen molar-refractivity contribution >= 4 is 18.3 Å². The first kappa shape index (κ1) is 21.4. The van der Waals surface area contributed by atoms with Crippen LogP contribution in [0.5, 0.6) is 17.2 Å². The first-order valence-electron chi connectivity index (χ1n) is 8.77. The van der Waals surface area contributed by atoms with E-state index in [1.54, 1.807) is 12.1 Å². The summed E-state index contributed by atoms with van der Waals surface area (Å²) in [7, 11) is 0. The summed E-state index contributed by atoms with van der Waals surface area (Å²) in [5.74, 6) is 1.54. The maximum absolute atomic E-state index is 12.6. The zero-order valence-electron chi connectivity index (χ0n) is 15.2. The average Bonchev–Trinajstić information content (AvgIpc) is 2.58. The highest BCUT2D eigenvalue weighted by Crippen LogP contribution is 2.39. The number of halogens is 1. The molecule has 0 aromatic heterocycles. The van der Waals surface area contributed by atoms with Crippen LogP contribution >= 0.6 is 12.4 Å². The number of carbonyl (C=O) groups excluding carboxylic acids is 1. The lowest BCUT2D eigenvalue weighted by Crippen LogP contribution is -2.42. The van der Waals surface area contributed by atoms with Crippen molar-refractivity contribution in [3.05, 3.63) is 17.7 Å². The minimum absolute atomic E-state index is 0. The standard InChI is InChI=1S/C18H28N2O4.ClH/c1-4-22-15-11-13(12-16(23-5-2)17(15)24-6-3)18(21)20-14-7-9-19-10-8-14;/h11-12,14,19H,4-10H2,1-3H3,(H,20,21);1H. The van der Waals surface area contributed by atoms with E-state index < -0.39 is 0 Å². The van der Waals surface area contributed by atoms with E-state index in [-0.39, 0.29) is 24.4 Å². The summed E-state index contributed by atoms with van der Waals surface area (Å²) in [6, 6.07) is 3.66. The minimum atomic E-state index is -0.105. The lowest BCUT2D eigenvalue weighted by Gasteiger charge is -2.24. The van der Waals surface area contributed by atoms with Crippen molar-refractivity contribution < 1.29 is 19.0 Å². The van der Waals surface area contributed by atoms with E-state index in [2.05, 4.69) is 10.6 Å². The van der Waals surface area contributed by atoms with Crippen molar-refractivity contribution in [1.82, 2.24) is 10.6 Å². The van der Waals surface area contributed by atoms with E-state index in [9.17, 15) is 4.79 Å². The molecule has 25 heavy (non-hydrogen) atoms. The van der Waals surface area contributed by atoms with E-state index in [1.165, 1.54) is 0 Å². The van der Waals surface area contributed by atoms with Gasteiger partial charge in [0, 0.05) is 11.6 Å². The fourth-order valence-corrected chi connectivity index (χ4v) is 2.75. The molecule has 0 saturated carbocycles. The topological polar surface area (TPSA) is 68.8 Å². The molecule has 142 valence electrons. The van der Waals surface area contributed by atoms with Crippen LogP contribution in [-0.2, 0) is 0 Å². The van der Waals surface area contributed by atoms with Crippen molar-refractivity contribution in [3.63, 3.8) is 0 Å². The molecule has 0 aliphatic carbocycles. The molecule has 1 heterocycles. The highest BCUT2D eigenvalue weighted by Gasteiger charge is 2.21.